The average molecular weight is 330 g/mol. The van der Waals surface area contributed by atoms with Crippen LogP contribution in [0.4, 0.5) is 11.1 Å². The molecule has 0 spiro atoms. The second kappa shape index (κ2) is 7.63. The Morgan fingerprint density at radius 1 is 1.04 bits per heavy atom. The molecule has 2 N–H and O–H groups in total. The van der Waals surface area contributed by atoms with Gasteiger partial charge in [0.2, 0.25) is 11.1 Å². The molecular weight excluding hydrogens is 312 g/mol. The molecule has 0 atom stereocenters. The number of benzene rings is 1. The largest absolute Gasteiger partial charge is 0.358 e. The molecule has 1 aromatic carbocycles. The number of hydrogen-bond acceptors (Lipinski definition) is 8. The molecule has 0 radical (unpaired) electrons. The third-order valence-electron chi connectivity index (χ3n) is 3.09. The van der Waals surface area contributed by atoms with Crippen molar-refractivity contribution in [2.75, 3.05) is 23.7 Å². The van der Waals surface area contributed by atoms with E-state index in [1.807, 2.05) is 30.3 Å². The van der Waals surface area contributed by atoms with E-state index in [-0.39, 0.29) is 0 Å². The second-order valence-corrected chi connectivity index (χ2v) is 5.92. The van der Waals surface area contributed by atoms with Gasteiger partial charge in [-0.2, -0.15) is 4.68 Å². The molecule has 9 heteroatoms. The molecule has 8 nitrogen and oxygen atoms in total. The van der Waals surface area contributed by atoms with Crippen LogP contribution < -0.4 is 10.6 Å². The molecule has 2 heterocycles. The zero-order valence-corrected chi connectivity index (χ0v) is 13.6. The topological polar surface area (TPSA) is 93.4 Å². The van der Waals surface area contributed by atoms with Gasteiger partial charge in [-0.15, -0.1) is 10.2 Å². The van der Waals surface area contributed by atoms with Crippen molar-refractivity contribution in [3.63, 3.8) is 0 Å². The van der Waals surface area contributed by atoms with Crippen LogP contribution >= 0.6 is 11.3 Å². The van der Waals surface area contributed by atoms with E-state index in [1.54, 1.807) is 16.0 Å². The van der Waals surface area contributed by atoms with E-state index in [1.165, 1.54) is 0 Å². The maximum Gasteiger partial charge on any atom is 0.247 e. The second-order valence-electron chi connectivity index (χ2n) is 4.85. The van der Waals surface area contributed by atoms with Crippen molar-refractivity contribution in [3.05, 3.63) is 35.3 Å². The van der Waals surface area contributed by atoms with E-state index in [9.17, 15) is 0 Å². The molecule has 23 heavy (non-hydrogen) atoms. The van der Waals surface area contributed by atoms with Crippen molar-refractivity contribution in [1.29, 1.82) is 0 Å². The Labute approximate surface area is 138 Å². The normalized spacial score (nSPS) is 10.7. The predicted octanol–water partition coefficient (Wildman–Crippen LogP) is 1.99. The molecule has 3 rings (SSSR count). The standard InChI is InChI=1S/C14H18N8S/c1-2-6-12-17-19-14(23-12)16-10-9-15-13-18-20-21-22(13)11-7-4-3-5-8-11/h3-5,7-8H,2,6,9-10H2,1H3,(H,16,19)(H,15,18,21). The summed E-state index contributed by atoms with van der Waals surface area (Å²) in [5.41, 5.74) is 0.918. The van der Waals surface area contributed by atoms with Crippen molar-refractivity contribution in [2.24, 2.45) is 0 Å². The highest BCUT2D eigenvalue weighted by molar-refractivity contribution is 7.15. The first kappa shape index (κ1) is 15.3. The molecule has 2 aromatic heterocycles. The van der Waals surface area contributed by atoms with E-state index in [0.717, 1.165) is 28.7 Å². The van der Waals surface area contributed by atoms with E-state index in [4.69, 9.17) is 0 Å². The minimum atomic E-state index is 0.613. The summed E-state index contributed by atoms with van der Waals surface area (Å²) in [6.45, 7) is 3.52. The molecule has 0 saturated carbocycles. The highest BCUT2D eigenvalue weighted by Gasteiger charge is 2.07. The lowest BCUT2D eigenvalue weighted by Crippen LogP contribution is -2.16. The van der Waals surface area contributed by atoms with Gasteiger partial charge < -0.3 is 10.6 Å². The fourth-order valence-corrected chi connectivity index (χ4v) is 2.89. The minimum Gasteiger partial charge on any atom is -0.358 e. The van der Waals surface area contributed by atoms with Crippen LogP contribution in [0.5, 0.6) is 0 Å². The van der Waals surface area contributed by atoms with E-state index < -0.39 is 0 Å². The monoisotopic (exact) mass is 330 g/mol. The van der Waals surface area contributed by atoms with Gasteiger partial charge in [0.25, 0.3) is 0 Å². The van der Waals surface area contributed by atoms with Crippen LogP contribution in [0, 0.1) is 0 Å². The molecule has 0 aliphatic heterocycles. The van der Waals surface area contributed by atoms with Gasteiger partial charge in [-0.25, -0.2) is 0 Å². The van der Waals surface area contributed by atoms with Gasteiger partial charge >= 0.3 is 0 Å². The molecule has 0 fully saturated rings. The summed E-state index contributed by atoms with van der Waals surface area (Å²) in [7, 11) is 0. The van der Waals surface area contributed by atoms with Gasteiger partial charge in [-0.1, -0.05) is 41.6 Å². The quantitative estimate of drug-likeness (QED) is 0.610. The maximum absolute atomic E-state index is 4.14. The summed E-state index contributed by atoms with van der Waals surface area (Å²) < 4.78 is 1.67. The third kappa shape index (κ3) is 4.01. The SMILES string of the molecule is CCCc1nnc(NCCNc2nnnn2-c2ccccc2)s1. The first-order chi connectivity index (χ1) is 11.4. The average Bonchev–Trinajstić information content (AvgIpc) is 3.22. The Hall–Kier alpha value is -2.55. The number of hydrogen-bond donors (Lipinski definition) is 2. The number of tetrazole rings is 1. The Morgan fingerprint density at radius 3 is 2.70 bits per heavy atom. The van der Waals surface area contributed by atoms with Crippen molar-refractivity contribution in [3.8, 4) is 5.69 Å². The van der Waals surface area contributed by atoms with Gasteiger partial charge in [0.1, 0.15) is 5.01 Å². The smallest absolute Gasteiger partial charge is 0.247 e. The number of anilines is 2. The maximum atomic E-state index is 4.14. The molecule has 0 unspecified atom stereocenters. The Bertz CT molecular complexity index is 723. The number of aromatic nitrogens is 6. The third-order valence-corrected chi connectivity index (χ3v) is 4.03. The number of nitrogens with zero attached hydrogens (tertiary/aromatic N) is 6. The van der Waals surface area contributed by atoms with Gasteiger partial charge in [-0.05, 0) is 29.0 Å². The molecule has 0 aliphatic rings. The van der Waals surface area contributed by atoms with Crippen LogP contribution in [-0.2, 0) is 6.42 Å². The van der Waals surface area contributed by atoms with Gasteiger partial charge in [0.05, 0.1) is 5.69 Å². The Balaban J connectivity index is 1.50. The van der Waals surface area contributed by atoms with Crippen LogP contribution in [0.1, 0.15) is 18.4 Å². The molecule has 0 aliphatic carbocycles. The van der Waals surface area contributed by atoms with Gasteiger partial charge in [0, 0.05) is 19.5 Å². The molecular formula is C14H18N8S. The van der Waals surface area contributed by atoms with E-state index >= 15 is 0 Å². The van der Waals surface area contributed by atoms with Crippen molar-refractivity contribution >= 4 is 22.4 Å². The summed E-state index contributed by atoms with van der Waals surface area (Å²) in [5.74, 6) is 0.613. The first-order valence-electron chi connectivity index (χ1n) is 7.50. The lowest BCUT2D eigenvalue weighted by atomic mass is 10.3. The first-order valence-corrected chi connectivity index (χ1v) is 8.32. The van der Waals surface area contributed by atoms with Crippen molar-refractivity contribution in [1.82, 2.24) is 30.4 Å². The number of para-hydroxylation sites is 1. The Kier molecular flexibility index (Phi) is 5.09. The van der Waals surface area contributed by atoms with E-state index in [0.29, 0.717) is 19.0 Å². The molecule has 0 bridgehead atoms. The van der Waals surface area contributed by atoms with Crippen LogP contribution in [0.3, 0.4) is 0 Å². The zero-order valence-electron chi connectivity index (χ0n) is 12.8. The fourth-order valence-electron chi connectivity index (χ4n) is 2.02. The summed E-state index contributed by atoms with van der Waals surface area (Å²) in [6.07, 6.45) is 2.06. The number of rotatable bonds is 8. The zero-order chi connectivity index (χ0) is 15.9. The van der Waals surface area contributed by atoms with Gasteiger partial charge in [0.15, 0.2) is 0 Å². The highest BCUT2D eigenvalue weighted by Crippen LogP contribution is 2.16. The fraction of sp³-hybridized carbons (Fsp3) is 0.357. The predicted molar refractivity (Wildman–Crippen MR) is 90.0 cm³/mol. The van der Waals surface area contributed by atoms with Crippen LogP contribution in [-0.4, -0.2) is 43.5 Å². The summed E-state index contributed by atoms with van der Waals surface area (Å²) in [4.78, 5) is 0. The summed E-state index contributed by atoms with van der Waals surface area (Å²) in [6, 6.07) is 9.77. The number of nitrogens with one attached hydrogen (secondary N) is 2. The lowest BCUT2D eigenvalue weighted by Gasteiger charge is -2.07. The van der Waals surface area contributed by atoms with E-state index in [2.05, 4.69) is 43.3 Å². The summed E-state index contributed by atoms with van der Waals surface area (Å²) >= 11 is 1.60. The minimum absolute atomic E-state index is 0.613. The highest BCUT2D eigenvalue weighted by atomic mass is 32.1. The lowest BCUT2D eigenvalue weighted by molar-refractivity contribution is 0.789. The molecule has 3 aromatic rings. The molecule has 0 amide bonds. The van der Waals surface area contributed by atoms with Crippen LogP contribution in [0.15, 0.2) is 30.3 Å². The van der Waals surface area contributed by atoms with Crippen LogP contribution in [0.2, 0.25) is 0 Å². The molecule has 120 valence electrons. The number of aryl methyl sites for hydroxylation is 1. The summed E-state index contributed by atoms with van der Waals surface area (Å²) in [5, 5.41) is 28.4. The van der Waals surface area contributed by atoms with Crippen molar-refractivity contribution < 1.29 is 0 Å². The van der Waals surface area contributed by atoms with Crippen molar-refractivity contribution in [2.45, 2.75) is 19.8 Å². The molecule has 0 saturated heterocycles. The van der Waals surface area contributed by atoms with Crippen LogP contribution in [0.25, 0.3) is 5.69 Å². The van der Waals surface area contributed by atoms with Gasteiger partial charge in [-0.3, -0.25) is 0 Å². The Morgan fingerprint density at radius 2 is 1.87 bits per heavy atom.